The van der Waals surface area contributed by atoms with Crippen molar-refractivity contribution >= 4 is 0 Å². The Labute approximate surface area is 73.5 Å². The lowest BCUT2D eigenvalue weighted by Crippen LogP contribution is -2.12. The zero-order valence-electron chi connectivity index (χ0n) is 7.58. The second-order valence-corrected chi connectivity index (χ2v) is 2.83. The number of benzene rings is 1. The molecule has 0 fully saturated rings. The van der Waals surface area contributed by atoms with E-state index in [-0.39, 0.29) is 0 Å². The third-order valence-electron chi connectivity index (χ3n) is 1.85. The predicted molar refractivity (Wildman–Crippen MR) is 49.9 cm³/mol. The van der Waals surface area contributed by atoms with Gasteiger partial charge < -0.3 is 4.84 Å². The van der Waals surface area contributed by atoms with Crippen molar-refractivity contribution in [3.63, 3.8) is 0 Å². The minimum atomic E-state index is 0.443. The minimum Gasteiger partial charge on any atom is -0.301 e. The fourth-order valence-electron chi connectivity index (χ4n) is 1.09. The van der Waals surface area contributed by atoms with E-state index < -0.39 is 0 Å². The Bertz CT molecular complexity index is 210. The van der Waals surface area contributed by atoms with Gasteiger partial charge in [-0.15, -0.1) is 0 Å². The predicted octanol–water partition coefficient (Wildman–Crippen LogP) is 1.94. The molecule has 12 heavy (non-hydrogen) atoms. The van der Waals surface area contributed by atoms with Crippen LogP contribution in [0.2, 0.25) is 0 Å². The average molecular weight is 165 g/mol. The van der Waals surface area contributed by atoms with Gasteiger partial charge in [0.2, 0.25) is 0 Å². The van der Waals surface area contributed by atoms with Gasteiger partial charge in [0.1, 0.15) is 0 Å². The first kappa shape index (κ1) is 9.23. The largest absolute Gasteiger partial charge is 0.301 e. The molecule has 2 nitrogen and oxygen atoms in total. The number of hydroxylamine groups is 1. The molecule has 0 aliphatic carbocycles. The van der Waals surface area contributed by atoms with Crippen LogP contribution >= 0.6 is 0 Å². The smallest absolute Gasteiger partial charge is 0.0747 e. The van der Waals surface area contributed by atoms with E-state index in [0.717, 1.165) is 0 Å². The maximum absolute atomic E-state index is 5.10. The Hall–Kier alpha value is -0.860. The van der Waals surface area contributed by atoms with Crippen molar-refractivity contribution in [2.75, 3.05) is 13.7 Å². The maximum atomic E-state index is 5.10. The molecular formula is C10H15NO. The Morgan fingerprint density at radius 1 is 1.33 bits per heavy atom. The summed E-state index contributed by atoms with van der Waals surface area (Å²) in [5, 5.41) is 0. The highest BCUT2D eigenvalue weighted by atomic mass is 16.6. The van der Waals surface area contributed by atoms with Crippen molar-refractivity contribution in [1.82, 2.24) is 5.48 Å². The molecule has 2 heteroatoms. The summed E-state index contributed by atoms with van der Waals surface area (Å²) in [6.45, 7) is 2.85. The van der Waals surface area contributed by atoms with E-state index in [4.69, 9.17) is 4.84 Å². The number of hydrogen-bond acceptors (Lipinski definition) is 2. The highest BCUT2D eigenvalue weighted by Crippen LogP contribution is 2.13. The van der Waals surface area contributed by atoms with Crippen molar-refractivity contribution in [1.29, 1.82) is 0 Å². The molecule has 1 N–H and O–H groups in total. The van der Waals surface area contributed by atoms with Gasteiger partial charge in [-0.3, -0.25) is 0 Å². The normalized spacial score (nSPS) is 12.8. The van der Waals surface area contributed by atoms with Crippen LogP contribution in [0.3, 0.4) is 0 Å². The van der Waals surface area contributed by atoms with Gasteiger partial charge in [-0.25, -0.2) is 5.48 Å². The fourth-order valence-corrected chi connectivity index (χ4v) is 1.09. The van der Waals surface area contributed by atoms with Crippen molar-refractivity contribution in [2.45, 2.75) is 12.8 Å². The van der Waals surface area contributed by atoms with Gasteiger partial charge in [-0.05, 0) is 5.56 Å². The summed E-state index contributed by atoms with van der Waals surface area (Å²) in [6.07, 6.45) is 0. The summed E-state index contributed by atoms with van der Waals surface area (Å²) in [7, 11) is 1.78. The Morgan fingerprint density at radius 3 is 2.58 bits per heavy atom. The SMILES string of the molecule is CNOCC(C)c1ccccc1. The molecule has 0 saturated heterocycles. The fraction of sp³-hybridized carbons (Fsp3) is 0.400. The van der Waals surface area contributed by atoms with Gasteiger partial charge in [0.15, 0.2) is 0 Å². The van der Waals surface area contributed by atoms with Gasteiger partial charge in [0, 0.05) is 13.0 Å². The molecule has 0 aromatic heterocycles. The van der Waals surface area contributed by atoms with Gasteiger partial charge in [0.05, 0.1) is 6.61 Å². The lowest BCUT2D eigenvalue weighted by molar-refractivity contribution is 0.0497. The zero-order chi connectivity index (χ0) is 8.81. The number of hydrogen-bond donors (Lipinski definition) is 1. The summed E-state index contributed by atoms with van der Waals surface area (Å²) >= 11 is 0. The van der Waals surface area contributed by atoms with Gasteiger partial charge in [0.25, 0.3) is 0 Å². The second kappa shape index (κ2) is 4.91. The lowest BCUT2D eigenvalue weighted by Gasteiger charge is -2.10. The highest BCUT2D eigenvalue weighted by molar-refractivity contribution is 5.18. The monoisotopic (exact) mass is 165 g/mol. The van der Waals surface area contributed by atoms with Crippen LogP contribution < -0.4 is 5.48 Å². The highest BCUT2D eigenvalue weighted by Gasteiger charge is 2.03. The molecule has 0 spiro atoms. The van der Waals surface area contributed by atoms with E-state index in [9.17, 15) is 0 Å². The molecule has 0 aliphatic rings. The molecule has 0 amide bonds. The maximum Gasteiger partial charge on any atom is 0.0747 e. The van der Waals surface area contributed by atoms with E-state index in [2.05, 4.69) is 24.5 Å². The van der Waals surface area contributed by atoms with Gasteiger partial charge in [-0.2, -0.15) is 0 Å². The molecule has 0 heterocycles. The molecule has 0 bridgehead atoms. The molecule has 1 aromatic carbocycles. The van der Waals surface area contributed by atoms with Crippen LogP contribution in [0.1, 0.15) is 18.4 Å². The summed E-state index contributed by atoms with van der Waals surface area (Å²) in [5.41, 5.74) is 3.98. The van der Waals surface area contributed by atoms with Gasteiger partial charge in [-0.1, -0.05) is 37.3 Å². The van der Waals surface area contributed by atoms with Crippen LogP contribution in [0.25, 0.3) is 0 Å². The van der Waals surface area contributed by atoms with E-state index in [0.29, 0.717) is 12.5 Å². The molecule has 0 radical (unpaired) electrons. The van der Waals surface area contributed by atoms with Crippen LogP contribution in [0, 0.1) is 0 Å². The molecule has 1 aromatic rings. The zero-order valence-corrected chi connectivity index (χ0v) is 7.58. The van der Waals surface area contributed by atoms with Crippen LogP contribution in [0.5, 0.6) is 0 Å². The Kier molecular flexibility index (Phi) is 3.77. The third-order valence-corrected chi connectivity index (χ3v) is 1.85. The third kappa shape index (κ3) is 2.64. The number of nitrogens with one attached hydrogen (secondary N) is 1. The van der Waals surface area contributed by atoms with Crippen molar-refractivity contribution in [3.8, 4) is 0 Å². The van der Waals surface area contributed by atoms with Crippen LogP contribution in [0.15, 0.2) is 30.3 Å². The minimum absolute atomic E-state index is 0.443. The van der Waals surface area contributed by atoms with Crippen molar-refractivity contribution < 1.29 is 4.84 Å². The summed E-state index contributed by atoms with van der Waals surface area (Å²) in [6, 6.07) is 10.3. The lowest BCUT2D eigenvalue weighted by atomic mass is 10.0. The van der Waals surface area contributed by atoms with Gasteiger partial charge >= 0.3 is 0 Å². The molecule has 0 saturated carbocycles. The Morgan fingerprint density at radius 2 is 2.00 bits per heavy atom. The van der Waals surface area contributed by atoms with Crippen molar-refractivity contribution in [2.24, 2.45) is 0 Å². The molecule has 0 aliphatic heterocycles. The first-order valence-corrected chi connectivity index (χ1v) is 4.18. The quantitative estimate of drug-likeness (QED) is 0.688. The summed E-state index contributed by atoms with van der Waals surface area (Å²) in [5.74, 6) is 0.443. The van der Waals surface area contributed by atoms with Crippen LogP contribution in [-0.4, -0.2) is 13.7 Å². The van der Waals surface area contributed by atoms with E-state index in [1.54, 1.807) is 7.05 Å². The number of rotatable bonds is 4. The van der Waals surface area contributed by atoms with E-state index in [1.165, 1.54) is 5.56 Å². The summed E-state index contributed by atoms with van der Waals surface area (Å²) in [4.78, 5) is 5.10. The van der Waals surface area contributed by atoms with E-state index in [1.807, 2.05) is 18.2 Å². The summed E-state index contributed by atoms with van der Waals surface area (Å²) < 4.78 is 0. The topological polar surface area (TPSA) is 21.3 Å². The average Bonchev–Trinajstić information content (AvgIpc) is 2.15. The van der Waals surface area contributed by atoms with Crippen LogP contribution in [-0.2, 0) is 4.84 Å². The van der Waals surface area contributed by atoms with Crippen molar-refractivity contribution in [3.05, 3.63) is 35.9 Å². The molecular weight excluding hydrogens is 150 g/mol. The standard InChI is InChI=1S/C10H15NO/c1-9(8-12-11-2)10-6-4-3-5-7-10/h3-7,9,11H,8H2,1-2H3. The molecule has 66 valence electrons. The Balaban J connectivity index is 2.48. The van der Waals surface area contributed by atoms with Crippen LogP contribution in [0.4, 0.5) is 0 Å². The first-order chi connectivity index (χ1) is 5.84. The molecule has 1 atom stereocenters. The molecule has 1 unspecified atom stereocenters. The van der Waals surface area contributed by atoms with E-state index >= 15 is 0 Å². The second-order valence-electron chi connectivity index (χ2n) is 2.83. The first-order valence-electron chi connectivity index (χ1n) is 4.18. The molecule has 1 rings (SSSR count).